The van der Waals surface area contributed by atoms with Crippen molar-refractivity contribution in [2.75, 3.05) is 20.3 Å². The number of benzene rings is 2. The van der Waals surface area contributed by atoms with Crippen molar-refractivity contribution in [2.45, 2.75) is 24.4 Å². The summed E-state index contributed by atoms with van der Waals surface area (Å²) in [5.74, 6) is -2.00. The number of amides is 2. The lowest BCUT2D eigenvalue weighted by atomic mass is 9.98. The first-order valence-corrected chi connectivity index (χ1v) is 11.9. The number of aliphatic carboxylic acids is 1. The minimum atomic E-state index is -1.19. The maximum atomic E-state index is 12.8. The molecule has 182 valence electrons. The van der Waals surface area contributed by atoms with E-state index in [0.29, 0.717) is 4.88 Å². The van der Waals surface area contributed by atoms with Gasteiger partial charge in [-0.2, -0.15) is 0 Å². The van der Waals surface area contributed by atoms with Crippen LogP contribution in [0.2, 0.25) is 0 Å². The fraction of sp³-hybridized carbons (Fsp3) is 0.280. The fourth-order valence-electron chi connectivity index (χ4n) is 4.15. The van der Waals surface area contributed by atoms with E-state index in [1.54, 1.807) is 11.7 Å². The second kappa shape index (κ2) is 11.1. The van der Waals surface area contributed by atoms with Gasteiger partial charge in [-0.05, 0) is 22.3 Å². The highest BCUT2D eigenvalue weighted by Gasteiger charge is 2.31. The smallest absolute Gasteiger partial charge is 0.407 e. The van der Waals surface area contributed by atoms with Crippen molar-refractivity contribution >= 4 is 29.3 Å². The third-order valence-electron chi connectivity index (χ3n) is 5.79. The molecule has 3 aromatic rings. The number of nitrogens with one attached hydrogen (secondary N) is 2. The van der Waals surface area contributed by atoms with Gasteiger partial charge in [0.15, 0.2) is 0 Å². The Kier molecular flexibility index (Phi) is 7.74. The van der Waals surface area contributed by atoms with E-state index in [2.05, 4.69) is 15.6 Å². The molecule has 0 fully saturated rings. The van der Waals surface area contributed by atoms with Crippen molar-refractivity contribution in [3.63, 3.8) is 0 Å². The molecule has 2 amide bonds. The first-order valence-electron chi connectivity index (χ1n) is 11.0. The van der Waals surface area contributed by atoms with Gasteiger partial charge in [-0.25, -0.2) is 9.59 Å². The molecule has 0 aliphatic heterocycles. The summed E-state index contributed by atoms with van der Waals surface area (Å²) in [4.78, 5) is 41.6. The number of thiazole rings is 1. The van der Waals surface area contributed by atoms with E-state index in [-0.39, 0.29) is 25.6 Å². The Balaban J connectivity index is 1.38. The molecule has 35 heavy (non-hydrogen) atoms. The summed E-state index contributed by atoms with van der Waals surface area (Å²) in [6.07, 6.45) is 0.837. The van der Waals surface area contributed by atoms with Crippen LogP contribution in [0.4, 0.5) is 4.79 Å². The van der Waals surface area contributed by atoms with Crippen molar-refractivity contribution < 1.29 is 29.0 Å². The van der Waals surface area contributed by atoms with E-state index in [1.165, 1.54) is 18.4 Å². The molecule has 1 aliphatic rings. The zero-order valence-corrected chi connectivity index (χ0v) is 19.8. The van der Waals surface area contributed by atoms with Gasteiger partial charge in [0, 0.05) is 30.5 Å². The summed E-state index contributed by atoms with van der Waals surface area (Å²) >= 11 is 1.29. The molecular formula is C25H25N3O6S. The third-order valence-corrected chi connectivity index (χ3v) is 6.59. The minimum absolute atomic E-state index is 0.0797. The number of nitrogens with zero attached hydrogens (tertiary/aromatic N) is 1. The van der Waals surface area contributed by atoms with Gasteiger partial charge in [0.1, 0.15) is 18.7 Å². The number of fused-ring (bicyclic) bond motifs is 3. The summed E-state index contributed by atoms with van der Waals surface area (Å²) in [7, 11) is 1.38. The van der Waals surface area contributed by atoms with Crippen molar-refractivity contribution in [1.29, 1.82) is 0 Å². The molecule has 0 spiro atoms. The summed E-state index contributed by atoms with van der Waals surface area (Å²) in [5.41, 5.74) is 5.94. The maximum absolute atomic E-state index is 12.8. The number of alkyl carbamates (subject to hydrolysis) is 1. The van der Waals surface area contributed by atoms with Crippen LogP contribution in [0.1, 0.15) is 21.9 Å². The fourth-order valence-corrected chi connectivity index (χ4v) is 4.79. The number of methoxy groups -OCH3 is 1. The first kappa shape index (κ1) is 24.4. The van der Waals surface area contributed by atoms with Crippen LogP contribution < -0.4 is 10.6 Å². The molecule has 2 atom stereocenters. The average molecular weight is 496 g/mol. The number of rotatable bonds is 10. The number of aromatic nitrogens is 1. The molecule has 9 nitrogen and oxygen atoms in total. The lowest BCUT2D eigenvalue weighted by Gasteiger charge is -2.21. The molecular weight excluding hydrogens is 470 g/mol. The molecule has 1 heterocycles. The van der Waals surface area contributed by atoms with Crippen LogP contribution in [0.15, 0.2) is 60.2 Å². The predicted molar refractivity (Wildman–Crippen MR) is 129 cm³/mol. The molecule has 1 aromatic heterocycles. The maximum Gasteiger partial charge on any atom is 0.407 e. The Hall–Kier alpha value is -3.76. The first-order chi connectivity index (χ1) is 17.0. The highest BCUT2D eigenvalue weighted by atomic mass is 32.1. The summed E-state index contributed by atoms with van der Waals surface area (Å²) in [5, 5.41) is 14.5. The molecule has 0 saturated carbocycles. The van der Waals surface area contributed by atoms with E-state index in [9.17, 15) is 19.5 Å². The minimum Gasteiger partial charge on any atom is -0.480 e. The molecule has 2 aromatic carbocycles. The molecule has 0 bridgehead atoms. The average Bonchev–Trinajstić information content (AvgIpc) is 3.48. The Bertz CT molecular complexity index is 1150. The second-order valence-corrected chi connectivity index (χ2v) is 9.02. The van der Waals surface area contributed by atoms with Gasteiger partial charge in [0.05, 0.1) is 12.1 Å². The lowest BCUT2D eigenvalue weighted by Crippen LogP contribution is -2.54. The van der Waals surface area contributed by atoms with E-state index >= 15 is 0 Å². The summed E-state index contributed by atoms with van der Waals surface area (Å²) in [6, 6.07) is 13.6. The normalized spacial score (nSPS) is 13.9. The number of hydrogen-bond donors (Lipinski definition) is 3. The van der Waals surface area contributed by atoms with Gasteiger partial charge < -0.3 is 25.2 Å². The molecule has 4 rings (SSSR count). The number of hydrogen-bond acceptors (Lipinski definition) is 7. The zero-order chi connectivity index (χ0) is 24.8. The van der Waals surface area contributed by atoms with Gasteiger partial charge in [0.25, 0.3) is 0 Å². The van der Waals surface area contributed by atoms with E-state index in [0.717, 1.165) is 22.3 Å². The van der Waals surface area contributed by atoms with Crippen LogP contribution in [0.5, 0.6) is 0 Å². The quantitative estimate of drug-likeness (QED) is 0.395. The number of carbonyl (C=O) groups excluding carboxylic acids is 2. The Morgan fingerprint density at radius 3 is 2.26 bits per heavy atom. The van der Waals surface area contributed by atoms with E-state index in [4.69, 9.17) is 9.47 Å². The van der Waals surface area contributed by atoms with Crippen LogP contribution in [-0.4, -0.2) is 60.5 Å². The van der Waals surface area contributed by atoms with Crippen LogP contribution in [0.25, 0.3) is 11.1 Å². The van der Waals surface area contributed by atoms with Gasteiger partial charge in [0.2, 0.25) is 5.91 Å². The topological polar surface area (TPSA) is 127 Å². The number of carboxylic acid groups (broad SMARTS) is 1. The van der Waals surface area contributed by atoms with Gasteiger partial charge in [-0.3, -0.25) is 9.78 Å². The van der Waals surface area contributed by atoms with Crippen molar-refractivity contribution in [2.24, 2.45) is 0 Å². The third kappa shape index (κ3) is 5.67. The Morgan fingerprint density at radius 1 is 1.03 bits per heavy atom. The van der Waals surface area contributed by atoms with Crippen LogP contribution in [-0.2, 0) is 25.5 Å². The Labute approximate surface area is 206 Å². The van der Waals surface area contributed by atoms with Gasteiger partial charge in [-0.1, -0.05) is 48.5 Å². The van der Waals surface area contributed by atoms with Crippen molar-refractivity contribution in [1.82, 2.24) is 15.6 Å². The second-order valence-electron chi connectivity index (χ2n) is 8.05. The SMILES string of the molecule is COCC(NC(=O)OCC1c2ccccc2-c2ccccc21)C(=O)NC(Cc1cncs1)C(=O)O. The standard InChI is InChI=1S/C25H25N3O6S/c1-33-13-22(23(29)27-21(24(30)31)10-15-11-26-14-35-15)28-25(32)34-12-20-18-8-4-2-6-16(18)17-7-3-5-9-19(17)20/h2-9,11,14,20-22H,10,12-13H2,1H3,(H,27,29)(H,28,32)(H,30,31). The van der Waals surface area contributed by atoms with Crippen LogP contribution >= 0.6 is 11.3 Å². The zero-order valence-electron chi connectivity index (χ0n) is 19.0. The monoisotopic (exact) mass is 495 g/mol. The highest BCUT2D eigenvalue weighted by Crippen LogP contribution is 2.44. The molecule has 10 heteroatoms. The van der Waals surface area contributed by atoms with Crippen molar-refractivity contribution in [3.05, 3.63) is 76.2 Å². The Morgan fingerprint density at radius 2 is 1.69 bits per heavy atom. The summed E-state index contributed by atoms with van der Waals surface area (Å²) < 4.78 is 10.6. The van der Waals surface area contributed by atoms with Gasteiger partial charge in [-0.15, -0.1) is 11.3 Å². The molecule has 1 aliphatic carbocycles. The molecule has 0 radical (unpaired) electrons. The number of carboxylic acids is 1. The van der Waals surface area contributed by atoms with Crippen molar-refractivity contribution in [3.8, 4) is 11.1 Å². The summed E-state index contributed by atoms with van der Waals surface area (Å²) in [6.45, 7) is -0.0623. The molecule has 0 saturated heterocycles. The number of ether oxygens (including phenoxy) is 2. The number of carbonyl (C=O) groups is 3. The van der Waals surface area contributed by atoms with Gasteiger partial charge >= 0.3 is 12.1 Å². The largest absolute Gasteiger partial charge is 0.480 e. The predicted octanol–water partition coefficient (Wildman–Crippen LogP) is 2.81. The van der Waals surface area contributed by atoms with E-state index in [1.807, 2.05) is 48.5 Å². The van der Waals surface area contributed by atoms with Crippen LogP contribution in [0, 0.1) is 0 Å². The highest BCUT2D eigenvalue weighted by molar-refractivity contribution is 7.09. The van der Waals surface area contributed by atoms with E-state index < -0.39 is 30.1 Å². The molecule has 3 N–H and O–H groups in total. The lowest BCUT2D eigenvalue weighted by molar-refractivity contribution is -0.142. The van der Waals surface area contributed by atoms with Crippen LogP contribution in [0.3, 0.4) is 0 Å². The molecule has 2 unspecified atom stereocenters.